The molecular formula is C21H23N3O3. The Hall–Kier alpha value is -2.99. The second-order valence-corrected chi connectivity index (χ2v) is 6.65. The average molecular weight is 365 g/mol. The van der Waals surface area contributed by atoms with E-state index < -0.39 is 0 Å². The molecular weight excluding hydrogens is 342 g/mol. The molecule has 0 spiro atoms. The number of carbonyl (C=O) groups excluding carboxylic acids is 1. The van der Waals surface area contributed by atoms with E-state index in [1.807, 2.05) is 44.2 Å². The second-order valence-electron chi connectivity index (χ2n) is 6.65. The Morgan fingerprint density at radius 2 is 1.81 bits per heavy atom. The normalized spacial score (nSPS) is 11.1. The van der Waals surface area contributed by atoms with E-state index in [2.05, 4.69) is 10.3 Å². The molecule has 140 valence electrons. The highest BCUT2D eigenvalue weighted by molar-refractivity contribution is 5.78. The van der Waals surface area contributed by atoms with Crippen molar-refractivity contribution in [3.63, 3.8) is 0 Å². The molecule has 3 rings (SSSR count). The molecule has 0 bridgehead atoms. The van der Waals surface area contributed by atoms with Gasteiger partial charge >= 0.3 is 0 Å². The zero-order valence-electron chi connectivity index (χ0n) is 15.5. The van der Waals surface area contributed by atoms with Crippen molar-refractivity contribution in [1.82, 2.24) is 14.9 Å². The summed E-state index contributed by atoms with van der Waals surface area (Å²) < 4.78 is 6.89. The minimum atomic E-state index is -0.235. The first-order valence-corrected chi connectivity index (χ1v) is 8.93. The SMILES string of the molecule is CC(C)OCc1ccc(CNC(=O)Cn2cnc3ccccc3c2=O)cc1. The van der Waals surface area contributed by atoms with Crippen LogP contribution in [0.1, 0.15) is 25.0 Å². The summed E-state index contributed by atoms with van der Waals surface area (Å²) in [6.07, 6.45) is 1.60. The predicted octanol–water partition coefficient (Wildman–Crippen LogP) is 2.64. The Kier molecular flexibility index (Phi) is 5.98. The number of benzene rings is 2. The van der Waals surface area contributed by atoms with E-state index in [1.165, 1.54) is 10.9 Å². The highest BCUT2D eigenvalue weighted by atomic mass is 16.5. The van der Waals surface area contributed by atoms with Crippen molar-refractivity contribution in [2.24, 2.45) is 0 Å². The van der Waals surface area contributed by atoms with E-state index in [1.54, 1.807) is 18.2 Å². The number of nitrogens with zero attached hydrogens (tertiary/aromatic N) is 2. The fraction of sp³-hybridized carbons (Fsp3) is 0.286. The van der Waals surface area contributed by atoms with Crippen LogP contribution in [0, 0.1) is 0 Å². The number of carbonyl (C=O) groups is 1. The van der Waals surface area contributed by atoms with Crippen LogP contribution < -0.4 is 10.9 Å². The third-order valence-electron chi connectivity index (χ3n) is 4.14. The number of fused-ring (bicyclic) bond motifs is 1. The summed E-state index contributed by atoms with van der Waals surface area (Å²) in [4.78, 5) is 28.8. The van der Waals surface area contributed by atoms with E-state index in [-0.39, 0.29) is 24.1 Å². The average Bonchev–Trinajstić information content (AvgIpc) is 2.68. The lowest BCUT2D eigenvalue weighted by atomic mass is 10.1. The lowest BCUT2D eigenvalue weighted by Gasteiger charge is -2.10. The molecule has 0 aliphatic carbocycles. The summed E-state index contributed by atoms with van der Waals surface area (Å²) >= 11 is 0. The fourth-order valence-corrected chi connectivity index (χ4v) is 2.65. The first-order chi connectivity index (χ1) is 13.0. The van der Waals surface area contributed by atoms with Gasteiger partial charge in [-0.25, -0.2) is 4.98 Å². The van der Waals surface area contributed by atoms with Crippen LogP contribution in [0.2, 0.25) is 0 Å². The van der Waals surface area contributed by atoms with E-state index in [0.29, 0.717) is 24.1 Å². The van der Waals surface area contributed by atoms with Gasteiger partial charge in [-0.15, -0.1) is 0 Å². The summed E-state index contributed by atoms with van der Waals surface area (Å²) in [6, 6.07) is 15.0. The van der Waals surface area contributed by atoms with Gasteiger partial charge in [-0.2, -0.15) is 0 Å². The minimum absolute atomic E-state index is 0.0586. The Labute approximate surface area is 157 Å². The van der Waals surface area contributed by atoms with Crippen LogP contribution in [0.25, 0.3) is 10.9 Å². The smallest absolute Gasteiger partial charge is 0.261 e. The third kappa shape index (κ3) is 5.01. The molecule has 0 unspecified atom stereocenters. The van der Waals surface area contributed by atoms with Crippen molar-refractivity contribution in [3.05, 3.63) is 76.3 Å². The zero-order valence-corrected chi connectivity index (χ0v) is 15.5. The molecule has 27 heavy (non-hydrogen) atoms. The summed E-state index contributed by atoms with van der Waals surface area (Å²) in [5.41, 5.74) is 2.49. The van der Waals surface area contributed by atoms with Crippen molar-refractivity contribution in [2.45, 2.75) is 39.6 Å². The number of rotatable bonds is 7. The van der Waals surface area contributed by atoms with Crippen LogP contribution in [-0.2, 0) is 29.2 Å². The molecule has 1 aromatic heterocycles. The van der Waals surface area contributed by atoms with Gasteiger partial charge in [-0.1, -0.05) is 36.4 Å². The van der Waals surface area contributed by atoms with Gasteiger partial charge in [0.1, 0.15) is 6.54 Å². The van der Waals surface area contributed by atoms with Gasteiger partial charge in [-0.3, -0.25) is 14.2 Å². The van der Waals surface area contributed by atoms with E-state index >= 15 is 0 Å². The first kappa shape index (κ1) is 18.8. The van der Waals surface area contributed by atoms with Crippen molar-refractivity contribution in [1.29, 1.82) is 0 Å². The summed E-state index contributed by atoms with van der Waals surface area (Å²) in [5, 5.41) is 3.34. The predicted molar refractivity (Wildman–Crippen MR) is 104 cm³/mol. The van der Waals surface area contributed by atoms with Crippen LogP contribution in [0.3, 0.4) is 0 Å². The molecule has 1 heterocycles. The molecule has 2 aromatic carbocycles. The molecule has 0 radical (unpaired) electrons. The molecule has 0 saturated carbocycles. The molecule has 6 heteroatoms. The Morgan fingerprint density at radius 3 is 2.56 bits per heavy atom. The minimum Gasteiger partial charge on any atom is -0.374 e. The van der Waals surface area contributed by atoms with Gasteiger partial charge in [-0.05, 0) is 37.1 Å². The van der Waals surface area contributed by atoms with Crippen LogP contribution in [0.5, 0.6) is 0 Å². The molecule has 0 fully saturated rings. The van der Waals surface area contributed by atoms with Gasteiger partial charge in [0.15, 0.2) is 0 Å². The summed E-state index contributed by atoms with van der Waals surface area (Å²) in [5.74, 6) is -0.235. The van der Waals surface area contributed by atoms with Crippen molar-refractivity contribution in [2.75, 3.05) is 0 Å². The number of ether oxygens (including phenoxy) is 1. The molecule has 3 aromatic rings. The zero-order chi connectivity index (χ0) is 19.2. The van der Waals surface area contributed by atoms with Crippen molar-refractivity contribution in [3.8, 4) is 0 Å². The molecule has 0 aliphatic heterocycles. The number of nitrogens with one attached hydrogen (secondary N) is 1. The van der Waals surface area contributed by atoms with Crippen LogP contribution in [-0.4, -0.2) is 21.6 Å². The molecule has 0 atom stereocenters. The number of amides is 1. The maximum absolute atomic E-state index is 12.4. The molecule has 1 amide bonds. The monoisotopic (exact) mass is 365 g/mol. The molecule has 6 nitrogen and oxygen atoms in total. The van der Waals surface area contributed by atoms with Crippen LogP contribution in [0.4, 0.5) is 0 Å². The lowest BCUT2D eigenvalue weighted by molar-refractivity contribution is -0.121. The number of aromatic nitrogens is 2. The number of hydrogen-bond donors (Lipinski definition) is 1. The topological polar surface area (TPSA) is 73.2 Å². The maximum Gasteiger partial charge on any atom is 0.261 e. The quantitative estimate of drug-likeness (QED) is 0.699. The third-order valence-corrected chi connectivity index (χ3v) is 4.14. The van der Waals surface area contributed by atoms with E-state index in [9.17, 15) is 9.59 Å². The maximum atomic E-state index is 12.4. The summed E-state index contributed by atoms with van der Waals surface area (Å²) in [6.45, 7) is 4.92. The molecule has 0 aliphatic rings. The number of hydrogen-bond acceptors (Lipinski definition) is 4. The van der Waals surface area contributed by atoms with Gasteiger partial charge in [0.05, 0.1) is 29.9 Å². The van der Waals surface area contributed by atoms with Crippen molar-refractivity contribution >= 4 is 16.8 Å². The highest BCUT2D eigenvalue weighted by Gasteiger charge is 2.08. The largest absolute Gasteiger partial charge is 0.374 e. The molecule has 0 saturated heterocycles. The van der Waals surface area contributed by atoms with Gasteiger partial charge < -0.3 is 10.1 Å². The highest BCUT2D eigenvalue weighted by Crippen LogP contribution is 2.07. The van der Waals surface area contributed by atoms with Gasteiger partial charge in [0.25, 0.3) is 5.56 Å². The van der Waals surface area contributed by atoms with Gasteiger partial charge in [0, 0.05) is 6.54 Å². The molecule has 1 N–H and O–H groups in total. The van der Waals surface area contributed by atoms with E-state index in [4.69, 9.17) is 4.74 Å². The van der Waals surface area contributed by atoms with Crippen LogP contribution in [0.15, 0.2) is 59.7 Å². The Bertz CT molecular complexity index is 978. The van der Waals surface area contributed by atoms with E-state index in [0.717, 1.165) is 11.1 Å². The first-order valence-electron chi connectivity index (χ1n) is 8.93. The Balaban J connectivity index is 1.57. The Morgan fingerprint density at radius 1 is 1.11 bits per heavy atom. The van der Waals surface area contributed by atoms with Crippen molar-refractivity contribution < 1.29 is 9.53 Å². The second kappa shape index (κ2) is 8.60. The number of para-hydroxylation sites is 1. The standard InChI is InChI=1S/C21H23N3O3/c1-15(2)27-13-17-9-7-16(8-10-17)11-22-20(25)12-24-14-23-19-6-4-3-5-18(19)21(24)26/h3-10,14-15H,11-13H2,1-2H3,(H,22,25). The lowest BCUT2D eigenvalue weighted by Crippen LogP contribution is -2.32. The van der Waals surface area contributed by atoms with Crippen LogP contribution >= 0.6 is 0 Å². The fourth-order valence-electron chi connectivity index (χ4n) is 2.65. The summed E-state index contributed by atoms with van der Waals surface area (Å²) in [7, 11) is 0. The van der Waals surface area contributed by atoms with Gasteiger partial charge in [0.2, 0.25) is 5.91 Å².